The summed E-state index contributed by atoms with van der Waals surface area (Å²) in [5, 5.41) is 2.92. The monoisotopic (exact) mass is 420 g/mol. The van der Waals surface area contributed by atoms with Crippen LogP contribution < -0.4 is 24.4 Å². The van der Waals surface area contributed by atoms with Gasteiger partial charge in [0.05, 0.1) is 31.6 Å². The van der Waals surface area contributed by atoms with Gasteiger partial charge < -0.3 is 29.2 Å². The van der Waals surface area contributed by atoms with Crippen LogP contribution in [0.4, 0.5) is 11.4 Å². The van der Waals surface area contributed by atoms with Crippen molar-refractivity contribution >= 4 is 23.2 Å². The third-order valence-electron chi connectivity index (χ3n) is 6.43. The van der Waals surface area contributed by atoms with Crippen molar-refractivity contribution in [2.45, 2.75) is 11.7 Å². The van der Waals surface area contributed by atoms with Gasteiger partial charge in [-0.1, -0.05) is 12.2 Å². The maximum Gasteiger partial charge on any atom is 0.234 e. The quantitative estimate of drug-likeness (QED) is 0.765. The Kier molecular flexibility index (Phi) is 3.82. The van der Waals surface area contributed by atoms with Crippen LogP contribution in [0.5, 0.6) is 17.2 Å². The summed E-state index contributed by atoms with van der Waals surface area (Å²) in [5.41, 5.74) is 0.566. The van der Waals surface area contributed by atoms with Crippen LogP contribution in [0.3, 0.4) is 0 Å². The summed E-state index contributed by atoms with van der Waals surface area (Å²) in [6.07, 6.45) is 3.42. The molecule has 4 unspecified atom stereocenters. The minimum atomic E-state index is -0.779. The molecule has 4 heterocycles. The summed E-state index contributed by atoms with van der Waals surface area (Å²) in [7, 11) is 1.60. The van der Waals surface area contributed by atoms with Gasteiger partial charge in [-0.2, -0.15) is 0 Å². The van der Waals surface area contributed by atoms with Gasteiger partial charge in [0.15, 0.2) is 11.5 Å². The Hall–Kier alpha value is -3.52. The molecule has 4 atom stereocenters. The van der Waals surface area contributed by atoms with E-state index in [4.69, 9.17) is 18.9 Å². The number of anilines is 2. The van der Waals surface area contributed by atoms with Crippen molar-refractivity contribution in [1.82, 2.24) is 0 Å². The molecule has 2 bridgehead atoms. The molecule has 8 heteroatoms. The lowest BCUT2D eigenvalue weighted by atomic mass is 9.77. The van der Waals surface area contributed by atoms with Crippen LogP contribution in [-0.2, 0) is 14.3 Å². The molecule has 2 amide bonds. The first-order valence-corrected chi connectivity index (χ1v) is 10.1. The van der Waals surface area contributed by atoms with E-state index < -0.39 is 23.5 Å². The first-order valence-electron chi connectivity index (χ1n) is 10.1. The number of nitrogens with one attached hydrogen (secondary N) is 1. The van der Waals surface area contributed by atoms with E-state index in [0.29, 0.717) is 29.5 Å². The van der Waals surface area contributed by atoms with E-state index in [1.165, 1.54) is 0 Å². The molecular weight excluding hydrogens is 400 g/mol. The third kappa shape index (κ3) is 2.64. The largest absolute Gasteiger partial charge is 0.497 e. The fourth-order valence-electron chi connectivity index (χ4n) is 4.98. The number of benzene rings is 2. The van der Waals surface area contributed by atoms with E-state index in [9.17, 15) is 9.59 Å². The maximum absolute atomic E-state index is 13.4. The van der Waals surface area contributed by atoms with E-state index in [1.54, 1.807) is 30.2 Å². The predicted octanol–water partition coefficient (Wildman–Crippen LogP) is 2.35. The molecule has 2 aromatic rings. The molecule has 158 valence electrons. The number of fused-ring (bicyclic) bond motifs is 2. The minimum absolute atomic E-state index is 0.108. The average molecular weight is 420 g/mol. The molecule has 4 aliphatic heterocycles. The number of ether oxygens (including phenoxy) is 4. The topological polar surface area (TPSA) is 86.3 Å². The van der Waals surface area contributed by atoms with Crippen molar-refractivity contribution in [2.24, 2.45) is 11.8 Å². The summed E-state index contributed by atoms with van der Waals surface area (Å²) in [6.45, 7) is 0.542. The molecule has 0 saturated carbocycles. The number of carbonyl (C=O) groups is 2. The van der Waals surface area contributed by atoms with Crippen molar-refractivity contribution < 1.29 is 28.5 Å². The van der Waals surface area contributed by atoms with Gasteiger partial charge in [-0.3, -0.25) is 9.59 Å². The van der Waals surface area contributed by atoms with Crippen molar-refractivity contribution in [2.75, 3.05) is 30.7 Å². The highest BCUT2D eigenvalue weighted by Gasteiger charge is 2.67. The van der Waals surface area contributed by atoms with Gasteiger partial charge in [0, 0.05) is 17.4 Å². The van der Waals surface area contributed by atoms with Crippen LogP contribution in [0.15, 0.2) is 54.6 Å². The average Bonchev–Trinajstić information content (AvgIpc) is 3.54. The summed E-state index contributed by atoms with van der Waals surface area (Å²) in [4.78, 5) is 28.3. The van der Waals surface area contributed by atoms with Crippen LogP contribution in [0, 0.1) is 11.8 Å². The van der Waals surface area contributed by atoms with Gasteiger partial charge in [0.2, 0.25) is 18.6 Å². The zero-order valence-corrected chi connectivity index (χ0v) is 16.7. The van der Waals surface area contributed by atoms with Crippen molar-refractivity contribution in [3.05, 3.63) is 54.6 Å². The lowest BCUT2D eigenvalue weighted by Crippen LogP contribution is -2.41. The number of hydrogen-bond acceptors (Lipinski definition) is 6. The first kappa shape index (κ1) is 18.3. The Balaban J connectivity index is 1.26. The number of amides is 2. The van der Waals surface area contributed by atoms with Crippen molar-refractivity contribution in [1.29, 1.82) is 0 Å². The number of carbonyl (C=O) groups excluding carboxylic acids is 2. The standard InChI is InChI=1S/C23H20N2O6/c1-28-15-5-3-14(4-6-15)25-11-23-9-8-17(31-23)19(20(23)22(25)27)21(26)24-13-2-7-16-18(10-13)30-12-29-16/h2-10,17,19-20H,11-12H2,1H3,(H,24,26). The third-order valence-corrected chi connectivity index (χ3v) is 6.43. The predicted molar refractivity (Wildman–Crippen MR) is 110 cm³/mol. The lowest BCUT2D eigenvalue weighted by Gasteiger charge is -2.23. The zero-order chi connectivity index (χ0) is 21.2. The number of methoxy groups -OCH3 is 1. The van der Waals surface area contributed by atoms with E-state index in [2.05, 4.69) is 5.32 Å². The molecule has 0 aromatic heterocycles. The lowest BCUT2D eigenvalue weighted by molar-refractivity contribution is -0.128. The number of rotatable bonds is 4. The molecule has 31 heavy (non-hydrogen) atoms. The fraction of sp³-hybridized carbons (Fsp3) is 0.304. The van der Waals surface area contributed by atoms with Gasteiger partial charge >= 0.3 is 0 Å². The van der Waals surface area contributed by atoms with E-state index >= 15 is 0 Å². The molecule has 8 nitrogen and oxygen atoms in total. The van der Waals surface area contributed by atoms with Gasteiger partial charge in [0.1, 0.15) is 11.4 Å². The Labute approximate surface area is 178 Å². The second-order valence-electron chi connectivity index (χ2n) is 8.08. The number of hydrogen-bond donors (Lipinski definition) is 1. The number of nitrogens with zero attached hydrogens (tertiary/aromatic N) is 1. The van der Waals surface area contributed by atoms with Crippen molar-refractivity contribution in [3.8, 4) is 17.2 Å². The first-order chi connectivity index (χ1) is 15.1. The maximum atomic E-state index is 13.4. The molecule has 2 aromatic carbocycles. The Morgan fingerprint density at radius 2 is 1.97 bits per heavy atom. The molecule has 1 N–H and O–H groups in total. The summed E-state index contributed by atoms with van der Waals surface area (Å²) < 4.78 is 22.1. The summed E-state index contributed by atoms with van der Waals surface area (Å²) >= 11 is 0. The summed E-state index contributed by atoms with van der Waals surface area (Å²) in [5.74, 6) is 0.412. The Bertz CT molecular complexity index is 1110. The highest BCUT2D eigenvalue weighted by molar-refractivity contribution is 6.05. The fourth-order valence-corrected chi connectivity index (χ4v) is 4.98. The Morgan fingerprint density at radius 1 is 1.16 bits per heavy atom. The van der Waals surface area contributed by atoms with Crippen LogP contribution in [0.2, 0.25) is 0 Å². The van der Waals surface area contributed by atoms with Crippen LogP contribution in [-0.4, -0.2) is 44.0 Å². The smallest absolute Gasteiger partial charge is 0.234 e. The van der Waals surface area contributed by atoms with E-state index in [1.807, 2.05) is 36.4 Å². The Morgan fingerprint density at radius 3 is 2.77 bits per heavy atom. The highest BCUT2D eigenvalue weighted by atomic mass is 16.7. The second-order valence-corrected chi connectivity index (χ2v) is 8.08. The molecule has 4 aliphatic rings. The molecule has 0 radical (unpaired) electrons. The minimum Gasteiger partial charge on any atom is -0.497 e. The second kappa shape index (κ2) is 6.49. The molecule has 0 aliphatic carbocycles. The molecule has 6 rings (SSSR count). The SMILES string of the molecule is COc1ccc(N2CC34C=CC(O3)C(C(=O)Nc3ccc5c(c3)OCO5)C4C2=O)cc1. The normalized spacial score (nSPS) is 29.4. The molecular formula is C23H20N2O6. The molecule has 2 saturated heterocycles. The van der Waals surface area contributed by atoms with Gasteiger partial charge in [0.25, 0.3) is 0 Å². The van der Waals surface area contributed by atoms with E-state index in [0.717, 1.165) is 5.69 Å². The van der Waals surface area contributed by atoms with E-state index in [-0.39, 0.29) is 18.6 Å². The molecule has 1 spiro atoms. The zero-order valence-electron chi connectivity index (χ0n) is 16.7. The highest BCUT2D eigenvalue weighted by Crippen LogP contribution is 2.53. The summed E-state index contributed by atoms with van der Waals surface area (Å²) in [6, 6.07) is 12.5. The van der Waals surface area contributed by atoms with Crippen LogP contribution in [0.25, 0.3) is 0 Å². The van der Waals surface area contributed by atoms with Crippen LogP contribution in [0.1, 0.15) is 0 Å². The van der Waals surface area contributed by atoms with Gasteiger partial charge in [-0.05, 0) is 36.4 Å². The van der Waals surface area contributed by atoms with Crippen molar-refractivity contribution in [3.63, 3.8) is 0 Å². The molecule has 2 fully saturated rings. The van der Waals surface area contributed by atoms with Gasteiger partial charge in [-0.15, -0.1) is 0 Å². The van der Waals surface area contributed by atoms with Gasteiger partial charge in [-0.25, -0.2) is 0 Å². The van der Waals surface area contributed by atoms with Crippen LogP contribution >= 0.6 is 0 Å².